The largest absolute Gasteiger partial charge is 0.443 e. The van der Waals surface area contributed by atoms with Crippen molar-refractivity contribution in [1.82, 2.24) is 0 Å². The van der Waals surface area contributed by atoms with Crippen molar-refractivity contribution in [1.29, 1.82) is 0 Å². The second-order valence-corrected chi connectivity index (χ2v) is 10.9. The molecule has 6 rings (SSSR count). The number of para-hydroxylation sites is 1. The van der Waals surface area contributed by atoms with Crippen molar-refractivity contribution < 1.29 is 14.3 Å². The Labute approximate surface area is 218 Å². The van der Waals surface area contributed by atoms with Gasteiger partial charge in [-0.25, -0.2) is 9.69 Å². The van der Waals surface area contributed by atoms with E-state index < -0.39 is 28.9 Å². The van der Waals surface area contributed by atoms with Gasteiger partial charge in [0.1, 0.15) is 11.2 Å². The second kappa shape index (κ2) is 8.60. The quantitative estimate of drug-likeness (QED) is 0.304. The maximum Gasteiger partial charge on any atom is 0.416 e. The van der Waals surface area contributed by atoms with E-state index in [0.717, 1.165) is 22.4 Å². The predicted octanol–water partition coefficient (Wildman–Crippen LogP) is 7.22. The van der Waals surface area contributed by atoms with Crippen LogP contribution in [-0.2, 0) is 26.9 Å². The standard InChI is InChI=1S/C33H31NO3/c1-31(2,3)37-30(35)34-28-22-14-13-21-27(28)32(23-24-15-7-4-8-16-24)29(34)36-33(32,25-17-9-5-10-18-25)26-19-11-6-12-20-26/h4-22,29H,23H2,1-3H3/t29-,32-/m1/s1. The Morgan fingerprint density at radius 3 is 1.86 bits per heavy atom. The number of carbonyl (C=O) groups is 1. The molecule has 4 aromatic carbocycles. The Balaban J connectivity index is 1.63. The zero-order valence-corrected chi connectivity index (χ0v) is 21.4. The third-order valence-electron chi connectivity index (χ3n) is 7.49. The van der Waals surface area contributed by atoms with E-state index >= 15 is 0 Å². The highest BCUT2D eigenvalue weighted by Gasteiger charge is 2.75. The molecule has 186 valence electrons. The van der Waals surface area contributed by atoms with Gasteiger partial charge in [-0.2, -0.15) is 0 Å². The monoisotopic (exact) mass is 489 g/mol. The fourth-order valence-corrected chi connectivity index (χ4v) is 6.17. The van der Waals surface area contributed by atoms with Crippen molar-refractivity contribution in [2.24, 2.45) is 0 Å². The van der Waals surface area contributed by atoms with Crippen molar-refractivity contribution in [3.63, 3.8) is 0 Å². The highest BCUT2D eigenvalue weighted by atomic mass is 16.6. The molecule has 0 radical (unpaired) electrons. The van der Waals surface area contributed by atoms with Crippen LogP contribution in [0.25, 0.3) is 0 Å². The summed E-state index contributed by atoms with van der Waals surface area (Å²) >= 11 is 0. The van der Waals surface area contributed by atoms with Crippen LogP contribution in [0.1, 0.15) is 43.0 Å². The minimum atomic E-state index is -0.803. The van der Waals surface area contributed by atoms with E-state index in [1.165, 1.54) is 5.56 Å². The van der Waals surface area contributed by atoms with Gasteiger partial charge in [0.25, 0.3) is 0 Å². The van der Waals surface area contributed by atoms with Crippen molar-refractivity contribution in [2.75, 3.05) is 4.90 Å². The van der Waals surface area contributed by atoms with Crippen LogP contribution >= 0.6 is 0 Å². The SMILES string of the molecule is CC(C)(C)OC(=O)N1c2ccccc2[C@]2(Cc3ccccc3)[C@H]1OC2(c1ccccc1)c1ccccc1. The fraction of sp³-hybridized carbons (Fsp3) is 0.242. The van der Waals surface area contributed by atoms with Crippen molar-refractivity contribution >= 4 is 11.8 Å². The van der Waals surface area contributed by atoms with E-state index in [2.05, 4.69) is 84.9 Å². The summed E-state index contributed by atoms with van der Waals surface area (Å²) in [5, 5.41) is 0. The van der Waals surface area contributed by atoms with E-state index in [1.807, 2.05) is 51.1 Å². The van der Waals surface area contributed by atoms with Crippen LogP contribution in [0.2, 0.25) is 0 Å². The number of hydrogen-bond acceptors (Lipinski definition) is 3. The molecule has 0 aromatic heterocycles. The molecule has 0 N–H and O–H groups in total. The molecular formula is C33H31NO3. The van der Waals surface area contributed by atoms with Crippen LogP contribution in [0.15, 0.2) is 115 Å². The Morgan fingerprint density at radius 1 is 0.784 bits per heavy atom. The lowest BCUT2D eigenvalue weighted by atomic mass is 9.55. The number of rotatable bonds is 4. The molecule has 1 fully saturated rings. The number of amides is 1. The van der Waals surface area contributed by atoms with E-state index in [1.54, 1.807) is 4.90 Å². The Morgan fingerprint density at radius 2 is 1.30 bits per heavy atom. The molecule has 37 heavy (non-hydrogen) atoms. The van der Waals surface area contributed by atoms with Crippen molar-refractivity contribution in [3.8, 4) is 0 Å². The fourth-order valence-electron chi connectivity index (χ4n) is 6.17. The molecule has 1 amide bonds. The second-order valence-electron chi connectivity index (χ2n) is 10.9. The molecule has 1 saturated heterocycles. The lowest BCUT2D eigenvalue weighted by Crippen LogP contribution is -2.73. The summed E-state index contributed by atoms with van der Waals surface area (Å²) in [6.45, 7) is 5.68. The molecule has 2 atom stereocenters. The molecule has 2 aliphatic heterocycles. The zero-order valence-electron chi connectivity index (χ0n) is 21.4. The highest BCUT2D eigenvalue weighted by molar-refractivity contribution is 5.94. The van der Waals surface area contributed by atoms with E-state index in [9.17, 15) is 4.79 Å². The minimum Gasteiger partial charge on any atom is -0.443 e. The molecule has 0 bridgehead atoms. The summed E-state index contributed by atoms with van der Waals surface area (Å²) in [5.74, 6) is 0. The first-order chi connectivity index (χ1) is 17.9. The number of carbonyl (C=O) groups excluding carboxylic acids is 1. The van der Waals surface area contributed by atoms with Crippen molar-refractivity contribution in [3.05, 3.63) is 138 Å². The minimum absolute atomic E-state index is 0.394. The van der Waals surface area contributed by atoms with Gasteiger partial charge < -0.3 is 9.47 Å². The lowest BCUT2D eigenvalue weighted by molar-refractivity contribution is -0.258. The maximum absolute atomic E-state index is 13.7. The maximum atomic E-state index is 13.7. The molecule has 4 aromatic rings. The number of nitrogens with zero attached hydrogens (tertiary/aromatic N) is 1. The molecule has 0 spiro atoms. The highest BCUT2D eigenvalue weighted by Crippen LogP contribution is 2.68. The van der Waals surface area contributed by atoms with Gasteiger partial charge in [-0.1, -0.05) is 109 Å². The number of fused-ring (bicyclic) bond motifs is 3. The molecular weight excluding hydrogens is 458 g/mol. The van der Waals surface area contributed by atoms with Crippen LogP contribution in [0.5, 0.6) is 0 Å². The summed E-state index contributed by atoms with van der Waals surface area (Å²) < 4.78 is 13.0. The first-order valence-electron chi connectivity index (χ1n) is 12.8. The van der Waals surface area contributed by atoms with E-state index in [4.69, 9.17) is 9.47 Å². The van der Waals surface area contributed by atoms with Gasteiger partial charge in [-0.15, -0.1) is 0 Å². The van der Waals surface area contributed by atoms with Crippen LogP contribution in [0.3, 0.4) is 0 Å². The Hall–Kier alpha value is -3.89. The van der Waals surface area contributed by atoms with E-state index in [-0.39, 0.29) is 0 Å². The zero-order chi connectivity index (χ0) is 25.7. The first kappa shape index (κ1) is 23.5. The Bertz CT molecular complexity index is 1370. The third kappa shape index (κ3) is 3.51. The molecule has 0 unspecified atom stereocenters. The molecule has 0 saturated carbocycles. The summed E-state index contributed by atoms with van der Waals surface area (Å²) in [6.07, 6.45) is -0.228. The summed E-state index contributed by atoms with van der Waals surface area (Å²) in [7, 11) is 0. The van der Waals surface area contributed by atoms with Crippen LogP contribution in [-0.4, -0.2) is 17.9 Å². The number of benzene rings is 4. The average Bonchev–Trinajstić information content (AvgIpc) is 3.11. The van der Waals surface area contributed by atoms with Crippen LogP contribution in [0, 0.1) is 0 Å². The van der Waals surface area contributed by atoms with Gasteiger partial charge in [0.2, 0.25) is 0 Å². The summed E-state index contributed by atoms with van der Waals surface area (Å²) in [5.41, 5.74) is 3.24. The van der Waals surface area contributed by atoms with Gasteiger partial charge in [0, 0.05) is 0 Å². The number of hydrogen-bond donors (Lipinski definition) is 0. The molecule has 4 heteroatoms. The molecule has 2 heterocycles. The molecule has 4 nitrogen and oxygen atoms in total. The third-order valence-corrected chi connectivity index (χ3v) is 7.49. The number of anilines is 1. The summed E-state index contributed by atoms with van der Waals surface area (Å²) in [4.78, 5) is 15.4. The van der Waals surface area contributed by atoms with Gasteiger partial charge in [-0.05, 0) is 55.5 Å². The van der Waals surface area contributed by atoms with Crippen molar-refractivity contribution in [2.45, 2.75) is 50.0 Å². The lowest BCUT2D eigenvalue weighted by Gasteiger charge is -2.62. The normalized spacial score (nSPS) is 21.5. The average molecular weight is 490 g/mol. The summed E-state index contributed by atoms with van der Waals surface area (Å²) in [6, 6.07) is 39.5. The predicted molar refractivity (Wildman–Crippen MR) is 146 cm³/mol. The van der Waals surface area contributed by atoms with Crippen LogP contribution in [0.4, 0.5) is 10.5 Å². The number of ether oxygens (including phenoxy) is 2. The van der Waals surface area contributed by atoms with Crippen LogP contribution < -0.4 is 4.90 Å². The Kier molecular flexibility index (Phi) is 5.46. The first-order valence-corrected chi connectivity index (χ1v) is 12.8. The van der Waals surface area contributed by atoms with Gasteiger partial charge in [0.15, 0.2) is 6.23 Å². The smallest absolute Gasteiger partial charge is 0.416 e. The molecule has 0 aliphatic carbocycles. The van der Waals surface area contributed by atoms with E-state index in [0.29, 0.717) is 6.42 Å². The van der Waals surface area contributed by atoms with Gasteiger partial charge in [0.05, 0.1) is 11.1 Å². The topological polar surface area (TPSA) is 38.8 Å². The van der Waals surface area contributed by atoms with Gasteiger partial charge in [-0.3, -0.25) is 0 Å². The van der Waals surface area contributed by atoms with Gasteiger partial charge >= 0.3 is 6.09 Å². The molecule has 2 aliphatic rings.